The van der Waals surface area contributed by atoms with E-state index in [1.54, 1.807) is 4.90 Å². The summed E-state index contributed by atoms with van der Waals surface area (Å²) in [4.78, 5) is 24.9. The van der Waals surface area contributed by atoms with Crippen molar-refractivity contribution in [2.24, 2.45) is 0 Å². The van der Waals surface area contributed by atoms with Crippen molar-refractivity contribution < 1.29 is 14.7 Å². The predicted octanol–water partition coefficient (Wildman–Crippen LogP) is 3.23. The Kier molecular flexibility index (Phi) is 4.39. The molecule has 2 aromatic rings. The third-order valence-corrected chi connectivity index (χ3v) is 4.13. The molecular formula is C15H17NO3S. The van der Waals surface area contributed by atoms with E-state index in [9.17, 15) is 9.59 Å². The Bertz CT molecular complexity index is 633. The van der Waals surface area contributed by atoms with E-state index < -0.39 is 5.97 Å². The molecule has 20 heavy (non-hydrogen) atoms. The van der Waals surface area contributed by atoms with Crippen molar-refractivity contribution in [2.75, 3.05) is 6.54 Å². The molecule has 0 atom stereocenters. The number of amides is 1. The van der Waals surface area contributed by atoms with Gasteiger partial charge in [0.15, 0.2) is 0 Å². The van der Waals surface area contributed by atoms with Crippen molar-refractivity contribution in [1.82, 2.24) is 4.90 Å². The number of carboxylic acid groups (broad SMARTS) is 1. The molecule has 5 heteroatoms. The normalized spacial score (nSPS) is 10.9. The number of fused-ring (bicyclic) bond motifs is 1. The third-order valence-electron chi connectivity index (χ3n) is 3.16. The van der Waals surface area contributed by atoms with Gasteiger partial charge >= 0.3 is 5.97 Å². The Labute approximate surface area is 121 Å². The van der Waals surface area contributed by atoms with Gasteiger partial charge in [0.1, 0.15) is 0 Å². The average molecular weight is 291 g/mol. The first-order chi connectivity index (χ1) is 9.50. The summed E-state index contributed by atoms with van der Waals surface area (Å²) in [5, 5.41) is 11.6. The molecular weight excluding hydrogens is 274 g/mol. The van der Waals surface area contributed by atoms with Gasteiger partial charge < -0.3 is 10.0 Å². The smallest absolute Gasteiger partial charge is 0.305 e. The summed E-state index contributed by atoms with van der Waals surface area (Å²) in [6.45, 7) is 4.03. The van der Waals surface area contributed by atoms with Gasteiger partial charge in [-0.1, -0.05) is 18.2 Å². The molecule has 0 spiro atoms. The molecule has 0 aliphatic carbocycles. The largest absolute Gasteiger partial charge is 0.481 e. The lowest BCUT2D eigenvalue weighted by Crippen LogP contribution is -2.38. The maximum atomic E-state index is 12.6. The van der Waals surface area contributed by atoms with Gasteiger partial charge in [0.25, 0.3) is 5.91 Å². The van der Waals surface area contributed by atoms with E-state index in [1.165, 1.54) is 11.3 Å². The van der Waals surface area contributed by atoms with E-state index in [0.717, 1.165) is 10.1 Å². The zero-order valence-electron chi connectivity index (χ0n) is 11.5. The Balaban J connectivity index is 2.29. The van der Waals surface area contributed by atoms with Gasteiger partial charge in [0, 0.05) is 28.1 Å². The number of thiophene rings is 1. The van der Waals surface area contributed by atoms with Crippen LogP contribution in [0.4, 0.5) is 0 Å². The summed E-state index contributed by atoms with van der Waals surface area (Å²) in [6, 6.07) is 7.73. The van der Waals surface area contributed by atoms with Crippen LogP contribution >= 0.6 is 11.3 Å². The Morgan fingerprint density at radius 1 is 1.30 bits per heavy atom. The lowest BCUT2D eigenvalue weighted by atomic mass is 10.1. The van der Waals surface area contributed by atoms with Crippen molar-refractivity contribution >= 4 is 33.3 Å². The maximum absolute atomic E-state index is 12.6. The molecule has 0 aliphatic heterocycles. The SMILES string of the molecule is CC(C)N(CCC(=O)O)C(=O)c1csc2ccccc12. The van der Waals surface area contributed by atoms with Crippen LogP contribution in [0.25, 0.3) is 10.1 Å². The van der Waals surface area contributed by atoms with Crippen LogP contribution in [0, 0.1) is 0 Å². The standard InChI is InChI=1S/C15H17NO3S/c1-10(2)16(8-7-14(17)18)15(19)12-9-20-13-6-4-3-5-11(12)13/h3-6,9-10H,7-8H2,1-2H3,(H,17,18). The molecule has 0 saturated carbocycles. The number of carbonyl (C=O) groups is 2. The van der Waals surface area contributed by atoms with Crippen LogP contribution < -0.4 is 0 Å². The van der Waals surface area contributed by atoms with Crippen molar-refractivity contribution in [2.45, 2.75) is 26.3 Å². The molecule has 1 amide bonds. The summed E-state index contributed by atoms with van der Waals surface area (Å²) in [5.41, 5.74) is 0.657. The summed E-state index contributed by atoms with van der Waals surface area (Å²) < 4.78 is 1.07. The zero-order chi connectivity index (χ0) is 14.7. The van der Waals surface area contributed by atoms with Gasteiger partial charge in [0.2, 0.25) is 0 Å². The van der Waals surface area contributed by atoms with Gasteiger partial charge in [-0.05, 0) is 19.9 Å². The van der Waals surface area contributed by atoms with Gasteiger partial charge in [-0.3, -0.25) is 9.59 Å². The number of benzene rings is 1. The number of rotatable bonds is 5. The summed E-state index contributed by atoms with van der Waals surface area (Å²) in [6.07, 6.45) is -0.0357. The minimum Gasteiger partial charge on any atom is -0.481 e. The summed E-state index contributed by atoms with van der Waals surface area (Å²) in [7, 11) is 0. The Morgan fingerprint density at radius 3 is 2.65 bits per heavy atom. The number of aliphatic carboxylic acids is 1. The Morgan fingerprint density at radius 2 is 2.00 bits per heavy atom. The minimum absolute atomic E-state index is 0.0273. The first kappa shape index (κ1) is 14.5. The second kappa shape index (κ2) is 6.05. The van der Waals surface area contributed by atoms with Crippen molar-refractivity contribution in [3.63, 3.8) is 0 Å². The van der Waals surface area contributed by atoms with Crippen LogP contribution in [0.1, 0.15) is 30.6 Å². The summed E-state index contributed by atoms with van der Waals surface area (Å²) >= 11 is 1.53. The third kappa shape index (κ3) is 2.99. The molecule has 1 aromatic heterocycles. The lowest BCUT2D eigenvalue weighted by molar-refractivity contribution is -0.137. The van der Waals surface area contributed by atoms with Crippen LogP contribution in [-0.2, 0) is 4.79 Å². The van der Waals surface area contributed by atoms with Gasteiger partial charge in [0.05, 0.1) is 12.0 Å². The molecule has 1 N–H and O–H groups in total. The number of hydrogen-bond acceptors (Lipinski definition) is 3. The van der Waals surface area contributed by atoms with Crippen LogP contribution in [-0.4, -0.2) is 34.5 Å². The topological polar surface area (TPSA) is 57.6 Å². The molecule has 4 nitrogen and oxygen atoms in total. The van der Waals surface area contributed by atoms with Crippen LogP contribution in [0.3, 0.4) is 0 Å². The zero-order valence-corrected chi connectivity index (χ0v) is 12.3. The first-order valence-corrected chi connectivity index (χ1v) is 7.37. The summed E-state index contributed by atoms with van der Waals surface area (Å²) in [5.74, 6) is -0.989. The van der Waals surface area contributed by atoms with Gasteiger partial charge in [-0.15, -0.1) is 11.3 Å². The van der Waals surface area contributed by atoms with Crippen LogP contribution in [0.5, 0.6) is 0 Å². The van der Waals surface area contributed by atoms with E-state index in [-0.39, 0.29) is 24.9 Å². The molecule has 0 bridgehead atoms. The molecule has 0 saturated heterocycles. The highest BCUT2D eigenvalue weighted by Gasteiger charge is 2.22. The minimum atomic E-state index is -0.890. The molecule has 0 aliphatic rings. The number of carbonyl (C=O) groups excluding carboxylic acids is 1. The molecule has 106 valence electrons. The molecule has 0 fully saturated rings. The molecule has 1 heterocycles. The lowest BCUT2D eigenvalue weighted by Gasteiger charge is -2.26. The molecule has 0 unspecified atom stereocenters. The Hall–Kier alpha value is -1.88. The van der Waals surface area contributed by atoms with Crippen molar-refractivity contribution in [1.29, 1.82) is 0 Å². The highest BCUT2D eigenvalue weighted by molar-refractivity contribution is 7.17. The van der Waals surface area contributed by atoms with Gasteiger partial charge in [-0.25, -0.2) is 0 Å². The quantitative estimate of drug-likeness (QED) is 0.920. The first-order valence-electron chi connectivity index (χ1n) is 6.49. The fourth-order valence-electron chi connectivity index (χ4n) is 2.11. The van der Waals surface area contributed by atoms with Crippen LogP contribution in [0.2, 0.25) is 0 Å². The molecule has 2 rings (SSSR count). The van der Waals surface area contributed by atoms with E-state index in [0.29, 0.717) is 5.56 Å². The van der Waals surface area contributed by atoms with E-state index >= 15 is 0 Å². The number of hydrogen-bond donors (Lipinski definition) is 1. The highest BCUT2D eigenvalue weighted by Crippen LogP contribution is 2.27. The van der Waals surface area contributed by atoms with E-state index in [2.05, 4.69) is 0 Å². The second-order valence-electron chi connectivity index (χ2n) is 4.88. The van der Waals surface area contributed by atoms with Crippen molar-refractivity contribution in [3.05, 3.63) is 35.2 Å². The van der Waals surface area contributed by atoms with Gasteiger partial charge in [-0.2, -0.15) is 0 Å². The van der Waals surface area contributed by atoms with E-state index in [1.807, 2.05) is 43.5 Å². The number of nitrogens with zero attached hydrogens (tertiary/aromatic N) is 1. The van der Waals surface area contributed by atoms with Crippen molar-refractivity contribution in [3.8, 4) is 0 Å². The van der Waals surface area contributed by atoms with E-state index in [4.69, 9.17) is 5.11 Å². The maximum Gasteiger partial charge on any atom is 0.305 e. The molecule has 0 radical (unpaired) electrons. The fourth-order valence-corrected chi connectivity index (χ4v) is 3.04. The predicted molar refractivity (Wildman–Crippen MR) is 80.3 cm³/mol. The highest BCUT2D eigenvalue weighted by atomic mass is 32.1. The second-order valence-corrected chi connectivity index (χ2v) is 5.79. The molecule has 1 aromatic carbocycles. The number of carboxylic acids is 1. The monoisotopic (exact) mass is 291 g/mol. The average Bonchev–Trinajstić information content (AvgIpc) is 2.81. The van der Waals surface area contributed by atoms with Crippen LogP contribution in [0.15, 0.2) is 29.6 Å². The fraction of sp³-hybridized carbons (Fsp3) is 0.333.